The summed E-state index contributed by atoms with van der Waals surface area (Å²) in [5.41, 5.74) is 3.12. The van der Waals surface area contributed by atoms with Crippen LogP contribution in [-0.4, -0.2) is 33.6 Å². The molecule has 5 rings (SSSR count). The van der Waals surface area contributed by atoms with Crippen LogP contribution < -0.4 is 15.0 Å². The molecule has 3 heterocycles. The number of pyridine rings is 2. The van der Waals surface area contributed by atoms with Crippen molar-refractivity contribution in [1.29, 1.82) is 0 Å². The van der Waals surface area contributed by atoms with Crippen LogP contribution in [0.5, 0.6) is 11.5 Å². The lowest BCUT2D eigenvalue weighted by Gasteiger charge is -2.21. The molecule has 1 fully saturated rings. The zero-order chi connectivity index (χ0) is 24.0. The molecule has 0 saturated heterocycles. The summed E-state index contributed by atoms with van der Waals surface area (Å²) in [4.78, 5) is 18.7. The number of halogens is 2. The third-order valence-electron chi connectivity index (χ3n) is 6.45. The molecule has 0 bridgehead atoms. The Morgan fingerprint density at radius 2 is 1.68 bits per heavy atom. The first-order chi connectivity index (χ1) is 16.4. The lowest BCUT2D eigenvalue weighted by Crippen LogP contribution is -2.25. The zero-order valence-electron chi connectivity index (χ0n) is 19.1. The molecule has 0 atom stereocenters. The zero-order valence-corrected chi connectivity index (χ0v) is 20.7. The highest BCUT2D eigenvalue weighted by molar-refractivity contribution is 6.41. The minimum absolute atomic E-state index is 0.0872. The number of benzene rings is 1. The average molecular weight is 499 g/mol. The van der Waals surface area contributed by atoms with E-state index in [9.17, 15) is 4.79 Å². The Bertz CT molecular complexity index is 1430. The van der Waals surface area contributed by atoms with Crippen LogP contribution in [0.1, 0.15) is 31.7 Å². The standard InChI is InChI=1S/C25H24Cl2N4O3/c1-30-13-15(12-29-30)18-9-19-14(11-28-18)8-17(25(32)31(19)16-6-4-5-7-16)22-23(26)20(33-2)10-21(34-3)24(22)27/h8-13,16H,4-7H2,1-3H3. The third kappa shape index (κ3) is 3.73. The lowest BCUT2D eigenvalue weighted by atomic mass is 10.0. The van der Waals surface area contributed by atoms with Crippen molar-refractivity contribution < 1.29 is 9.47 Å². The lowest BCUT2D eigenvalue weighted by molar-refractivity contribution is 0.395. The van der Waals surface area contributed by atoms with Crippen LogP contribution in [0.15, 0.2) is 41.6 Å². The number of aromatic nitrogens is 4. The molecule has 1 aliphatic carbocycles. The fraction of sp³-hybridized carbons (Fsp3) is 0.320. The van der Waals surface area contributed by atoms with Gasteiger partial charge in [0.15, 0.2) is 0 Å². The van der Waals surface area contributed by atoms with Crippen molar-refractivity contribution in [2.24, 2.45) is 7.05 Å². The molecular weight excluding hydrogens is 475 g/mol. The molecule has 0 unspecified atom stereocenters. The number of ether oxygens (including phenoxy) is 2. The Kier molecular flexibility index (Phi) is 6.00. The molecule has 176 valence electrons. The highest BCUT2D eigenvalue weighted by Crippen LogP contribution is 2.46. The summed E-state index contributed by atoms with van der Waals surface area (Å²) in [6, 6.07) is 5.47. The predicted octanol–water partition coefficient (Wildman–Crippen LogP) is 5.90. The summed E-state index contributed by atoms with van der Waals surface area (Å²) in [7, 11) is 4.89. The van der Waals surface area contributed by atoms with Gasteiger partial charge in [-0.3, -0.25) is 14.5 Å². The minimum atomic E-state index is -0.151. The Hall–Kier alpha value is -3.03. The molecule has 0 aliphatic heterocycles. The number of fused-ring (bicyclic) bond motifs is 1. The summed E-state index contributed by atoms with van der Waals surface area (Å²) in [6.45, 7) is 0. The molecule has 1 aromatic carbocycles. The van der Waals surface area contributed by atoms with Crippen LogP contribution in [0.3, 0.4) is 0 Å². The van der Waals surface area contributed by atoms with Gasteiger partial charge < -0.3 is 14.0 Å². The molecule has 0 radical (unpaired) electrons. The van der Waals surface area contributed by atoms with Gasteiger partial charge in [-0.05, 0) is 25.0 Å². The number of nitrogens with zero attached hydrogens (tertiary/aromatic N) is 4. The van der Waals surface area contributed by atoms with Gasteiger partial charge in [0.25, 0.3) is 5.56 Å². The van der Waals surface area contributed by atoms with Gasteiger partial charge in [-0.25, -0.2) is 0 Å². The largest absolute Gasteiger partial charge is 0.495 e. The molecule has 0 N–H and O–H groups in total. The van der Waals surface area contributed by atoms with Crippen LogP contribution in [0, 0.1) is 0 Å². The van der Waals surface area contributed by atoms with Crippen molar-refractivity contribution in [2.45, 2.75) is 31.7 Å². The van der Waals surface area contributed by atoms with Crippen molar-refractivity contribution in [2.75, 3.05) is 14.2 Å². The fourth-order valence-electron chi connectivity index (χ4n) is 4.77. The smallest absolute Gasteiger partial charge is 0.259 e. The van der Waals surface area contributed by atoms with Crippen LogP contribution >= 0.6 is 23.2 Å². The summed E-state index contributed by atoms with van der Waals surface area (Å²) in [6.07, 6.45) is 9.49. The van der Waals surface area contributed by atoms with Crippen molar-refractivity contribution in [1.82, 2.24) is 19.3 Å². The number of aryl methyl sites for hydroxylation is 1. The molecule has 4 aromatic rings. The maximum absolute atomic E-state index is 14.1. The first-order valence-electron chi connectivity index (χ1n) is 11.1. The second-order valence-electron chi connectivity index (χ2n) is 8.49. The van der Waals surface area contributed by atoms with Gasteiger partial charge >= 0.3 is 0 Å². The number of rotatable bonds is 5. The predicted molar refractivity (Wildman–Crippen MR) is 134 cm³/mol. The Morgan fingerprint density at radius 1 is 1.00 bits per heavy atom. The molecule has 1 aliphatic rings. The fourth-order valence-corrected chi connectivity index (χ4v) is 5.47. The molecule has 34 heavy (non-hydrogen) atoms. The Labute approximate surface area is 206 Å². The third-order valence-corrected chi connectivity index (χ3v) is 7.20. The summed E-state index contributed by atoms with van der Waals surface area (Å²) >= 11 is 13.4. The summed E-state index contributed by atoms with van der Waals surface area (Å²) in [5, 5.41) is 5.61. The molecule has 3 aromatic heterocycles. The number of hydrogen-bond acceptors (Lipinski definition) is 5. The van der Waals surface area contributed by atoms with E-state index in [4.69, 9.17) is 32.7 Å². The Morgan fingerprint density at radius 3 is 2.26 bits per heavy atom. The van der Waals surface area contributed by atoms with Crippen LogP contribution in [-0.2, 0) is 7.05 Å². The van der Waals surface area contributed by atoms with E-state index < -0.39 is 0 Å². The van der Waals surface area contributed by atoms with E-state index in [2.05, 4.69) is 10.1 Å². The summed E-state index contributed by atoms with van der Waals surface area (Å²) < 4.78 is 14.5. The van der Waals surface area contributed by atoms with Gasteiger partial charge in [0.1, 0.15) is 11.5 Å². The van der Waals surface area contributed by atoms with Gasteiger partial charge in [-0.2, -0.15) is 5.10 Å². The second kappa shape index (κ2) is 8.96. The van der Waals surface area contributed by atoms with Crippen molar-refractivity contribution in [3.63, 3.8) is 0 Å². The Balaban J connectivity index is 1.82. The van der Waals surface area contributed by atoms with E-state index in [-0.39, 0.29) is 21.6 Å². The van der Waals surface area contributed by atoms with Gasteiger partial charge in [-0.15, -0.1) is 0 Å². The van der Waals surface area contributed by atoms with E-state index in [0.29, 0.717) is 22.6 Å². The monoisotopic (exact) mass is 498 g/mol. The van der Waals surface area contributed by atoms with E-state index in [0.717, 1.165) is 47.8 Å². The normalized spacial score (nSPS) is 14.1. The molecule has 1 saturated carbocycles. The van der Waals surface area contributed by atoms with E-state index in [1.54, 1.807) is 29.2 Å². The van der Waals surface area contributed by atoms with E-state index in [1.807, 2.05) is 23.9 Å². The maximum Gasteiger partial charge on any atom is 0.259 e. The van der Waals surface area contributed by atoms with Gasteiger partial charge in [0.05, 0.1) is 47.2 Å². The molecular formula is C25H24Cl2N4O3. The first-order valence-corrected chi connectivity index (χ1v) is 11.8. The van der Waals surface area contributed by atoms with E-state index >= 15 is 0 Å². The summed E-state index contributed by atoms with van der Waals surface area (Å²) in [5.74, 6) is 0.768. The van der Waals surface area contributed by atoms with Gasteiger partial charge in [0, 0.05) is 48.1 Å². The second-order valence-corrected chi connectivity index (χ2v) is 9.24. The van der Waals surface area contributed by atoms with Crippen LogP contribution in [0.4, 0.5) is 0 Å². The van der Waals surface area contributed by atoms with Gasteiger partial charge in [0.2, 0.25) is 0 Å². The van der Waals surface area contributed by atoms with Crippen molar-refractivity contribution in [3.05, 3.63) is 57.2 Å². The highest BCUT2D eigenvalue weighted by atomic mass is 35.5. The topological polar surface area (TPSA) is 71.2 Å². The van der Waals surface area contributed by atoms with E-state index in [1.165, 1.54) is 14.2 Å². The molecule has 7 nitrogen and oxygen atoms in total. The molecule has 0 spiro atoms. The van der Waals surface area contributed by atoms with Crippen LogP contribution in [0.25, 0.3) is 33.3 Å². The molecule has 9 heteroatoms. The molecule has 0 amide bonds. The minimum Gasteiger partial charge on any atom is -0.495 e. The van der Waals surface area contributed by atoms with Gasteiger partial charge in [-0.1, -0.05) is 36.0 Å². The number of methoxy groups -OCH3 is 2. The van der Waals surface area contributed by atoms with Crippen molar-refractivity contribution in [3.8, 4) is 33.9 Å². The average Bonchev–Trinajstić information content (AvgIpc) is 3.51. The highest BCUT2D eigenvalue weighted by Gasteiger charge is 2.26. The number of hydrogen-bond donors (Lipinski definition) is 0. The first kappa shape index (κ1) is 22.7. The SMILES string of the molecule is COc1cc(OC)c(Cl)c(-c2cc3cnc(-c4cnn(C)c4)cc3n(C3CCCC3)c2=O)c1Cl. The quantitative estimate of drug-likeness (QED) is 0.342. The maximum atomic E-state index is 14.1. The van der Waals surface area contributed by atoms with Crippen LogP contribution in [0.2, 0.25) is 10.0 Å². The van der Waals surface area contributed by atoms with Crippen molar-refractivity contribution >= 4 is 34.1 Å².